The summed E-state index contributed by atoms with van der Waals surface area (Å²) in [7, 11) is -7.26. The van der Waals surface area contributed by atoms with Crippen LogP contribution < -0.4 is 0 Å². The molecule has 10 heavy (non-hydrogen) atoms. The van der Waals surface area contributed by atoms with E-state index < -0.39 is 16.4 Å². The van der Waals surface area contributed by atoms with Gasteiger partial charge in [0.2, 0.25) is 0 Å². The Kier molecular flexibility index (Phi) is 13.8. The summed E-state index contributed by atoms with van der Waals surface area (Å²) in [6.07, 6.45) is 0. The van der Waals surface area contributed by atoms with Gasteiger partial charge in [-0.05, 0) is 0 Å². The van der Waals surface area contributed by atoms with E-state index >= 15 is 0 Å². The zero-order chi connectivity index (χ0) is 8.08. The normalized spacial score (nSPS) is 9.50. The molecule has 0 radical (unpaired) electrons. The highest BCUT2D eigenvalue weighted by Crippen LogP contribution is 2.25. The Hall–Kier alpha value is 0.952. The molecule has 0 saturated heterocycles. The van der Waals surface area contributed by atoms with E-state index in [-0.39, 0.29) is 17.4 Å². The molecule has 0 bridgehead atoms. The van der Waals surface area contributed by atoms with E-state index in [4.69, 9.17) is 33.9 Å². The van der Waals surface area contributed by atoms with Gasteiger partial charge in [0.25, 0.3) is 0 Å². The maximum atomic E-state index is 8.88. The van der Waals surface area contributed by atoms with Gasteiger partial charge < -0.3 is 29.4 Å². The predicted octanol–water partition coefficient (Wildman–Crippen LogP) is -2.92. The van der Waals surface area contributed by atoms with Crippen molar-refractivity contribution in [1.29, 1.82) is 0 Å². The van der Waals surface area contributed by atoms with Crippen molar-refractivity contribution in [2.75, 3.05) is 0 Å². The van der Waals surface area contributed by atoms with Gasteiger partial charge in [-0.1, -0.05) is 0 Å². The van der Waals surface area contributed by atoms with E-state index in [9.17, 15) is 0 Å². The van der Waals surface area contributed by atoms with Crippen LogP contribution in [0.3, 0.4) is 0 Å². The molecule has 0 unspecified atom stereocenters. The van der Waals surface area contributed by atoms with Crippen LogP contribution in [0.2, 0.25) is 0 Å². The third-order valence-electron chi connectivity index (χ3n) is 0. The van der Waals surface area contributed by atoms with Gasteiger partial charge in [0.05, 0.1) is 0 Å². The highest BCUT2D eigenvalue weighted by Gasteiger charge is 2.00. The molecule has 0 aromatic heterocycles. The second kappa shape index (κ2) is 8.05. The van der Waals surface area contributed by atoms with Crippen molar-refractivity contribution in [1.82, 2.24) is 0 Å². The standard InChI is InChI=1S/Al.H3O4P.H3O3P.3H/c;1-5(2,3)4;1-4(2)3;;;/h;(H3,1,2,3,4);1-3H;;;. The summed E-state index contributed by atoms with van der Waals surface area (Å²) in [5, 5.41) is 0. The summed E-state index contributed by atoms with van der Waals surface area (Å²) >= 11 is 0. The van der Waals surface area contributed by atoms with Crippen molar-refractivity contribution >= 4 is 33.8 Å². The lowest BCUT2D eigenvalue weighted by atomic mass is 15.8. The molecule has 0 aromatic rings. The molecule has 0 aromatic carbocycles. The zero-order valence-electron chi connectivity index (χ0n) is 3.99. The zero-order valence-corrected chi connectivity index (χ0v) is 5.77. The number of hydrogen-bond donors (Lipinski definition) is 6. The topological polar surface area (TPSA) is 138 Å². The van der Waals surface area contributed by atoms with Gasteiger partial charge in [0, 0.05) is 0 Å². The van der Waals surface area contributed by atoms with Gasteiger partial charge in [-0.15, -0.1) is 0 Å². The van der Waals surface area contributed by atoms with Gasteiger partial charge in [-0.3, -0.25) is 0 Å². The minimum atomic E-state index is -4.64. The smallest absolute Gasteiger partial charge is 0.328 e. The van der Waals surface area contributed by atoms with Gasteiger partial charge in [-0.2, -0.15) is 0 Å². The number of hydrogen-bond acceptors (Lipinski definition) is 4. The second-order valence-electron chi connectivity index (χ2n) is 0.782. The molecule has 0 amide bonds. The van der Waals surface area contributed by atoms with Gasteiger partial charge in [0.1, 0.15) is 0 Å². The first-order valence-electron chi connectivity index (χ1n) is 1.38. The second-order valence-corrected chi connectivity index (χ2v) is 2.34. The summed E-state index contributed by atoms with van der Waals surface area (Å²) in [6.45, 7) is 0. The highest BCUT2D eigenvalue weighted by atomic mass is 31.2. The van der Waals surface area contributed by atoms with Gasteiger partial charge in [0.15, 0.2) is 17.4 Å². The van der Waals surface area contributed by atoms with E-state index in [1.807, 2.05) is 0 Å². The van der Waals surface area contributed by atoms with Crippen LogP contribution in [0.15, 0.2) is 0 Å². The summed E-state index contributed by atoms with van der Waals surface area (Å²) in [5.74, 6) is 0. The predicted molar refractivity (Wildman–Crippen MR) is 37.8 cm³/mol. The molecule has 0 aliphatic carbocycles. The van der Waals surface area contributed by atoms with Crippen LogP contribution >= 0.6 is 16.4 Å². The fraction of sp³-hybridized carbons (Fsp3) is 0. The molecule has 0 aliphatic rings. The Balaban J connectivity index is -0.0000000910. The van der Waals surface area contributed by atoms with Crippen molar-refractivity contribution < 1.29 is 33.9 Å². The van der Waals surface area contributed by atoms with Crippen molar-refractivity contribution in [3.8, 4) is 0 Å². The summed E-state index contributed by atoms with van der Waals surface area (Å²) in [6, 6.07) is 0. The van der Waals surface area contributed by atoms with Crippen LogP contribution in [0.25, 0.3) is 0 Å². The third kappa shape index (κ3) is 624. The van der Waals surface area contributed by atoms with E-state index in [0.717, 1.165) is 0 Å². The van der Waals surface area contributed by atoms with Crippen LogP contribution in [-0.2, 0) is 4.57 Å². The minimum Gasteiger partial charge on any atom is -0.328 e. The molecule has 0 spiro atoms. The Morgan fingerprint density at radius 2 is 1.00 bits per heavy atom. The van der Waals surface area contributed by atoms with Crippen LogP contribution in [-0.4, -0.2) is 46.7 Å². The maximum absolute atomic E-state index is 8.88. The molecule has 6 N–H and O–H groups in total. The van der Waals surface area contributed by atoms with Crippen molar-refractivity contribution in [3.63, 3.8) is 0 Å². The van der Waals surface area contributed by atoms with Crippen molar-refractivity contribution in [2.45, 2.75) is 0 Å². The Bertz CT molecular complexity index is 82.8. The first-order valence-corrected chi connectivity index (χ1v) is 4.15. The molecule has 0 heterocycles. The average molecular weight is 210 g/mol. The van der Waals surface area contributed by atoms with E-state index in [1.165, 1.54) is 0 Å². The first-order chi connectivity index (χ1) is 3.73. The SMILES string of the molecule is O=P(O)(O)O.OP(O)O.[AlH3]. The molecule has 0 aliphatic heterocycles. The molecule has 0 saturated carbocycles. The molecular weight excluding hydrogens is 201 g/mol. The van der Waals surface area contributed by atoms with Crippen LogP contribution in [0.5, 0.6) is 0 Å². The summed E-state index contributed by atoms with van der Waals surface area (Å²) in [5.41, 5.74) is 0. The van der Waals surface area contributed by atoms with Crippen LogP contribution in [0, 0.1) is 0 Å². The molecule has 0 atom stereocenters. The van der Waals surface area contributed by atoms with Gasteiger partial charge in [-0.25, -0.2) is 4.57 Å². The maximum Gasteiger partial charge on any atom is 0.466 e. The molecule has 64 valence electrons. The largest absolute Gasteiger partial charge is 0.466 e. The molecule has 0 rings (SSSR count). The van der Waals surface area contributed by atoms with E-state index in [2.05, 4.69) is 0 Å². The van der Waals surface area contributed by atoms with E-state index in [1.54, 1.807) is 0 Å². The highest BCUT2D eigenvalue weighted by molar-refractivity contribution is 7.45. The first kappa shape index (κ1) is 17.2. The average Bonchev–Trinajstić information content (AvgIpc) is 1.19. The number of phosphoric acid groups is 1. The molecule has 7 nitrogen and oxygen atoms in total. The molecule has 10 heteroatoms. The Morgan fingerprint density at radius 1 is 1.00 bits per heavy atom. The Labute approximate surface area is 68.3 Å². The lowest BCUT2D eigenvalue weighted by Gasteiger charge is -1.82. The quantitative estimate of drug-likeness (QED) is 0.186. The fourth-order valence-corrected chi connectivity index (χ4v) is 0. The third-order valence-corrected chi connectivity index (χ3v) is 0. The lowest BCUT2D eigenvalue weighted by Crippen LogP contribution is -1.66. The molecular formula is H9AlO7P2. The number of rotatable bonds is 0. The Morgan fingerprint density at radius 3 is 1.00 bits per heavy atom. The van der Waals surface area contributed by atoms with Crippen molar-refractivity contribution in [2.24, 2.45) is 0 Å². The van der Waals surface area contributed by atoms with Gasteiger partial charge >= 0.3 is 16.4 Å². The monoisotopic (exact) mass is 210 g/mol. The van der Waals surface area contributed by atoms with Crippen LogP contribution in [0.4, 0.5) is 0 Å². The minimum absolute atomic E-state index is 0. The fourth-order valence-electron chi connectivity index (χ4n) is 0. The van der Waals surface area contributed by atoms with E-state index in [0.29, 0.717) is 0 Å². The summed E-state index contributed by atoms with van der Waals surface area (Å²) < 4.78 is 8.88. The lowest BCUT2D eigenvalue weighted by molar-refractivity contribution is 0.275. The summed E-state index contributed by atoms with van der Waals surface area (Å²) in [4.78, 5) is 43.3. The van der Waals surface area contributed by atoms with Crippen molar-refractivity contribution in [3.05, 3.63) is 0 Å². The van der Waals surface area contributed by atoms with Crippen LogP contribution in [0.1, 0.15) is 0 Å². The molecule has 0 fully saturated rings.